The van der Waals surface area contributed by atoms with Crippen molar-refractivity contribution in [2.24, 2.45) is 0 Å². The van der Waals surface area contributed by atoms with Crippen molar-refractivity contribution in [3.05, 3.63) is 33.6 Å². The van der Waals surface area contributed by atoms with Gasteiger partial charge in [-0.2, -0.15) is 0 Å². The molecular weight excluding hydrogens is 378 g/mol. The second-order valence-corrected chi connectivity index (χ2v) is 5.97. The summed E-state index contributed by atoms with van der Waals surface area (Å²) in [6.45, 7) is 1.97. The maximum Gasteiger partial charge on any atom is 0.353 e. The molecule has 1 fully saturated rings. The lowest BCUT2D eigenvalue weighted by Gasteiger charge is -2.27. The minimum atomic E-state index is -0.509. The molecule has 0 amide bonds. The summed E-state index contributed by atoms with van der Waals surface area (Å²) in [5, 5.41) is 15.0. The van der Waals surface area contributed by atoms with Crippen LogP contribution in [-0.2, 0) is 4.74 Å². The zero-order valence-corrected chi connectivity index (χ0v) is 15.5. The quantitative estimate of drug-likeness (QED) is 0.582. The van der Waals surface area contributed by atoms with Crippen LogP contribution in [-0.4, -0.2) is 55.4 Å². The normalized spacial score (nSPS) is 14.0. The molecule has 27 heavy (non-hydrogen) atoms. The number of ether oxygens (including phenoxy) is 3. The highest BCUT2D eigenvalue weighted by atomic mass is 35.5. The Labute approximate surface area is 160 Å². The van der Waals surface area contributed by atoms with Crippen molar-refractivity contribution in [2.75, 3.05) is 50.7 Å². The molecule has 1 aromatic carbocycles. The largest absolute Gasteiger partial charge is 0.495 e. The van der Waals surface area contributed by atoms with Crippen LogP contribution >= 0.6 is 11.6 Å². The highest BCUT2D eigenvalue weighted by Gasteiger charge is 2.28. The van der Waals surface area contributed by atoms with Gasteiger partial charge in [0.1, 0.15) is 17.8 Å². The summed E-state index contributed by atoms with van der Waals surface area (Å²) in [4.78, 5) is 21.2. The molecule has 1 aliphatic rings. The first-order valence-electron chi connectivity index (χ1n) is 8.05. The zero-order valence-electron chi connectivity index (χ0n) is 14.8. The number of nitro groups is 1. The fourth-order valence-corrected chi connectivity index (χ4v) is 2.96. The average Bonchev–Trinajstić information content (AvgIpc) is 2.68. The van der Waals surface area contributed by atoms with Crippen LogP contribution in [0.3, 0.4) is 0 Å². The number of hydrogen-bond acceptors (Lipinski definition) is 9. The van der Waals surface area contributed by atoms with Gasteiger partial charge in [-0.05, 0) is 6.07 Å². The molecule has 0 spiro atoms. The summed E-state index contributed by atoms with van der Waals surface area (Å²) in [5.41, 5.74) is 0.187. The molecule has 1 aliphatic heterocycles. The Hall–Kier alpha value is -2.85. The number of methoxy groups -OCH3 is 2. The van der Waals surface area contributed by atoms with Crippen LogP contribution in [0.5, 0.6) is 11.5 Å². The van der Waals surface area contributed by atoms with Crippen molar-refractivity contribution in [2.45, 2.75) is 0 Å². The molecule has 0 saturated carbocycles. The van der Waals surface area contributed by atoms with Gasteiger partial charge in [0.2, 0.25) is 11.6 Å². The Bertz CT molecular complexity index is 844. The predicted octanol–water partition coefficient (Wildman–Crippen LogP) is 2.64. The molecule has 0 aliphatic carbocycles. The van der Waals surface area contributed by atoms with Gasteiger partial charge in [-0.25, -0.2) is 9.97 Å². The van der Waals surface area contributed by atoms with Crippen molar-refractivity contribution in [1.29, 1.82) is 0 Å². The molecule has 0 unspecified atom stereocenters. The smallest absolute Gasteiger partial charge is 0.353 e. The van der Waals surface area contributed by atoms with Crippen LogP contribution in [0.15, 0.2) is 18.5 Å². The number of halogens is 1. The summed E-state index contributed by atoms with van der Waals surface area (Å²) in [7, 11) is 2.96. The Morgan fingerprint density at radius 2 is 1.93 bits per heavy atom. The van der Waals surface area contributed by atoms with Crippen LogP contribution in [0.1, 0.15) is 0 Å². The molecule has 0 radical (unpaired) electrons. The van der Waals surface area contributed by atoms with Gasteiger partial charge in [0.25, 0.3) is 0 Å². The fraction of sp³-hybridized carbons (Fsp3) is 0.375. The number of nitrogens with zero attached hydrogens (tertiary/aromatic N) is 4. The van der Waals surface area contributed by atoms with E-state index in [1.54, 1.807) is 17.0 Å². The van der Waals surface area contributed by atoms with Crippen LogP contribution < -0.4 is 19.7 Å². The summed E-state index contributed by atoms with van der Waals surface area (Å²) in [6, 6.07) is 3.14. The monoisotopic (exact) mass is 395 g/mol. The highest BCUT2D eigenvalue weighted by molar-refractivity contribution is 6.32. The lowest BCUT2D eigenvalue weighted by Crippen LogP contribution is -2.37. The zero-order chi connectivity index (χ0) is 19.4. The third-order valence-corrected chi connectivity index (χ3v) is 4.32. The summed E-state index contributed by atoms with van der Waals surface area (Å²) < 4.78 is 15.8. The Balaban J connectivity index is 2.02. The van der Waals surface area contributed by atoms with Crippen molar-refractivity contribution >= 4 is 34.6 Å². The third kappa shape index (κ3) is 3.96. The highest BCUT2D eigenvalue weighted by Crippen LogP contribution is 2.40. The summed E-state index contributed by atoms with van der Waals surface area (Å²) >= 11 is 6.17. The Morgan fingerprint density at radius 1 is 1.22 bits per heavy atom. The minimum Gasteiger partial charge on any atom is -0.495 e. The molecule has 0 bridgehead atoms. The molecule has 1 saturated heterocycles. The molecular formula is C16H18ClN5O5. The van der Waals surface area contributed by atoms with Crippen molar-refractivity contribution in [1.82, 2.24) is 9.97 Å². The topological polar surface area (TPSA) is 112 Å². The molecule has 0 atom stereocenters. The van der Waals surface area contributed by atoms with Gasteiger partial charge in [-0.3, -0.25) is 10.1 Å². The molecule has 1 aromatic heterocycles. The van der Waals surface area contributed by atoms with Gasteiger partial charge in [-0.15, -0.1) is 0 Å². The third-order valence-electron chi connectivity index (χ3n) is 4.02. The van der Waals surface area contributed by atoms with Gasteiger partial charge in [0, 0.05) is 19.2 Å². The standard InChI is InChI=1S/C16H18ClN5O5/c1-25-12-8-13(26-2)11(7-10(12)17)20-15-14(22(23)24)16(19-9-18-15)21-3-5-27-6-4-21/h7-9H,3-6H2,1-2H3,(H,18,19,20). The van der Waals surface area contributed by atoms with Gasteiger partial charge >= 0.3 is 5.69 Å². The molecule has 11 heteroatoms. The Kier molecular flexibility index (Phi) is 5.77. The van der Waals surface area contributed by atoms with Gasteiger partial charge in [-0.1, -0.05) is 11.6 Å². The first kappa shape index (κ1) is 18.9. The lowest BCUT2D eigenvalue weighted by molar-refractivity contribution is -0.383. The van der Waals surface area contributed by atoms with Gasteiger partial charge in [0.15, 0.2) is 0 Å². The molecule has 2 heterocycles. The van der Waals surface area contributed by atoms with Crippen LogP contribution in [0.2, 0.25) is 5.02 Å². The summed E-state index contributed by atoms with van der Waals surface area (Å²) in [5.74, 6) is 1.10. The van der Waals surface area contributed by atoms with E-state index < -0.39 is 4.92 Å². The SMILES string of the molecule is COc1cc(OC)c(Nc2ncnc(N3CCOCC3)c2[N+](=O)[O-])cc1Cl. The van der Waals surface area contributed by atoms with E-state index in [4.69, 9.17) is 25.8 Å². The number of rotatable bonds is 6. The molecule has 3 rings (SSSR count). The minimum absolute atomic E-state index is 0.0380. The predicted molar refractivity (Wildman–Crippen MR) is 99.6 cm³/mol. The van der Waals surface area contributed by atoms with Crippen molar-refractivity contribution in [3.63, 3.8) is 0 Å². The van der Waals surface area contributed by atoms with E-state index in [2.05, 4.69) is 15.3 Å². The van der Waals surface area contributed by atoms with Crippen LogP contribution in [0.25, 0.3) is 0 Å². The van der Waals surface area contributed by atoms with Gasteiger partial charge < -0.3 is 24.4 Å². The molecule has 2 aromatic rings. The maximum atomic E-state index is 11.7. The van der Waals surface area contributed by atoms with E-state index in [0.717, 1.165) is 0 Å². The van der Waals surface area contributed by atoms with Crippen molar-refractivity contribution < 1.29 is 19.1 Å². The van der Waals surface area contributed by atoms with E-state index >= 15 is 0 Å². The average molecular weight is 396 g/mol. The molecule has 1 N–H and O–H groups in total. The van der Waals surface area contributed by atoms with Crippen LogP contribution in [0, 0.1) is 10.1 Å². The molecule has 144 valence electrons. The first-order chi connectivity index (χ1) is 13.0. The lowest BCUT2D eigenvalue weighted by atomic mass is 10.2. The Morgan fingerprint density at radius 3 is 2.56 bits per heavy atom. The van der Waals surface area contributed by atoms with E-state index in [1.165, 1.54) is 20.5 Å². The number of hydrogen-bond donors (Lipinski definition) is 1. The first-order valence-corrected chi connectivity index (χ1v) is 8.43. The number of anilines is 3. The number of morpholine rings is 1. The van der Waals surface area contributed by atoms with Gasteiger partial charge in [0.05, 0.1) is 43.1 Å². The maximum absolute atomic E-state index is 11.7. The van der Waals surface area contributed by atoms with E-state index in [1.807, 2.05) is 0 Å². The van der Waals surface area contributed by atoms with E-state index in [9.17, 15) is 10.1 Å². The number of aromatic nitrogens is 2. The van der Waals surface area contributed by atoms with Crippen LogP contribution in [0.4, 0.5) is 23.0 Å². The second kappa shape index (κ2) is 8.23. The van der Waals surface area contributed by atoms with E-state index in [0.29, 0.717) is 48.5 Å². The molecule has 10 nitrogen and oxygen atoms in total. The fourth-order valence-electron chi connectivity index (χ4n) is 2.72. The summed E-state index contributed by atoms with van der Waals surface area (Å²) in [6.07, 6.45) is 1.28. The second-order valence-electron chi connectivity index (χ2n) is 5.56. The van der Waals surface area contributed by atoms with Crippen molar-refractivity contribution in [3.8, 4) is 11.5 Å². The number of benzene rings is 1. The van der Waals surface area contributed by atoms with E-state index in [-0.39, 0.29) is 17.3 Å². The number of nitrogens with one attached hydrogen (secondary N) is 1.